The largest absolute Gasteiger partial charge is 0.466 e. The third-order valence-electron chi connectivity index (χ3n) is 1.98. The summed E-state index contributed by atoms with van der Waals surface area (Å²) in [7, 11) is 0. The summed E-state index contributed by atoms with van der Waals surface area (Å²) in [5, 5.41) is 0. The Morgan fingerprint density at radius 1 is 1.38 bits per heavy atom. The van der Waals surface area contributed by atoms with Crippen LogP contribution in [0.25, 0.3) is 0 Å². The normalized spacial score (nSPS) is 9.81. The highest BCUT2D eigenvalue weighted by Gasteiger charge is 2.10. The van der Waals surface area contributed by atoms with Crippen molar-refractivity contribution in [3.8, 4) is 0 Å². The van der Waals surface area contributed by atoms with Gasteiger partial charge < -0.3 is 9.53 Å². The van der Waals surface area contributed by atoms with Crippen LogP contribution in [-0.4, -0.2) is 28.8 Å². The van der Waals surface area contributed by atoms with E-state index in [2.05, 4.69) is 9.97 Å². The van der Waals surface area contributed by atoms with Gasteiger partial charge in [0.25, 0.3) is 0 Å². The molecule has 5 nitrogen and oxygen atoms in total. The van der Waals surface area contributed by atoms with Gasteiger partial charge in [0.2, 0.25) is 0 Å². The zero-order valence-electron chi connectivity index (χ0n) is 9.18. The molecule has 1 aromatic heterocycles. The number of rotatable bonds is 6. The molecule has 0 radical (unpaired) electrons. The maximum atomic E-state index is 11.3. The smallest absolute Gasteiger partial charge is 0.311 e. The van der Waals surface area contributed by atoms with Crippen molar-refractivity contribution in [2.24, 2.45) is 0 Å². The first kappa shape index (κ1) is 12.3. The Morgan fingerprint density at radius 3 is 2.69 bits per heavy atom. The zero-order chi connectivity index (χ0) is 11.8. The molecule has 5 heteroatoms. The molecule has 86 valence electrons. The number of carbonyl (C=O) groups excluding carboxylic acids is 2. The van der Waals surface area contributed by atoms with E-state index < -0.39 is 0 Å². The van der Waals surface area contributed by atoms with Crippen molar-refractivity contribution in [1.29, 1.82) is 0 Å². The van der Waals surface area contributed by atoms with Crippen LogP contribution in [0.4, 0.5) is 0 Å². The summed E-state index contributed by atoms with van der Waals surface area (Å²) >= 11 is 0. The van der Waals surface area contributed by atoms with Crippen LogP contribution in [0.1, 0.15) is 24.7 Å². The lowest BCUT2D eigenvalue weighted by molar-refractivity contribution is -0.142. The summed E-state index contributed by atoms with van der Waals surface area (Å²) in [6.07, 6.45) is 4.90. The summed E-state index contributed by atoms with van der Waals surface area (Å²) in [6, 6.07) is 0. The number of ether oxygens (including phenoxy) is 1. The number of aldehydes is 1. The molecule has 1 aromatic rings. The molecule has 1 heterocycles. The molecule has 0 fully saturated rings. The number of esters is 1. The number of aryl methyl sites for hydroxylation is 1. The van der Waals surface area contributed by atoms with Crippen LogP contribution in [0.2, 0.25) is 0 Å². The number of carbonyl (C=O) groups is 2. The summed E-state index contributed by atoms with van der Waals surface area (Å²) in [6.45, 7) is 2.10. The number of nitrogens with zero attached hydrogens (tertiary/aromatic N) is 2. The molecule has 1 rings (SSSR count). The lowest BCUT2D eigenvalue weighted by atomic mass is 10.1. The van der Waals surface area contributed by atoms with Crippen LogP contribution in [-0.2, 0) is 27.2 Å². The van der Waals surface area contributed by atoms with Crippen molar-refractivity contribution in [1.82, 2.24) is 9.97 Å². The Morgan fingerprint density at radius 2 is 2.06 bits per heavy atom. The fraction of sp³-hybridized carbons (Fsp3) is 0.455. The minimum absolute atomic E-state index is 0.107. The van der Waals surface area contributed by atoms with Crippen molar-refractivity contribution >= 4 is 12.3 Å². The molecule has 0 atom stereocenters. The highest BCUT2D eigenvalue weighted by Crippen LogP contribution is 2.06. The van der Waals surface area contributed by atoms with E-state index in [1.165, 1.54) is 6.20 Å². The number of hydrogen-bond donors (Lipinski definition) is 0. The quantitative estimate of drug-likeness (QED) is 0.524. The predicted molar refractivity (Wildman–Crippen MR) is 56.8 cm³/mol. The van der Waals surface area contributed by atoms with Gasteiger partial charge in [-0.15, -0.1) is 0 Å². The maximum absolute atomic E-state index is 11.3. The third-order valence-corrected chi connectivity index (χ3v) is 1.98. The van der Waals surface area contributed by atoms with E-state index in [-0.39, 0.29) is 12.4 Å². The molecule has 0 amide bonds. The van der Waals surface area contributed by atoms with Gasteiger partial charge in [-0.3, -0.25) is 14.8 Å². The molecule has 0 aromatic carbocycles. The van der Waals surface area contributed by atoms with Gasteiger partial charge in [0.15, 0.2) is 0 Å². The van der Waals surface area contributed by atoms with Crippen molar-refractivity contribution in [3.63, 3.8) is 0 Å². The minimum atomic E-state index is -0.324. The maximum Gasteiger partial charge on any atom is 0.311 e. The van der Waals surface area contributed by atoms with Crippen molar-refractivity contribution in [2.75, 3.05) is 6.61 Å². The molecule has 0 aliphatic rings. The molecule has 0 N–H and O–H groups in total. The lowest BCUT2D eigenvalue weighted by Crippen LogP contribution is -2.11. The Labute approximate surface area is 93.9 Å². The van der Waals surface area contributed by atoms with E-state index in [0.29, 0.717) is 30.8 Å². The summed E-state index contributed by atoms with van der Waals surface area (Å²) in [4.78, 5) is 29.7. The van der Waals surface area contributed by atoms with Gasteiger partial charge in [0.1, 0.15) is 6.29 Å². The zero-order valence-corrected chi connectivity index (χ0v) is 9.18. The average molecular weight is 222 g/mol. The molecular weight excluding hydrogens is 208 g/mol. The standard InChI is InChI=1S/C11H14N2O3/c1-2-16-11(15)8-10-9(4-3-7-14)12-5-6-13-10/h5-7H,2-4,8H2,1H3. The lowest BCUT2D eigenvalue weighted by Gasteiger charge is -2.05. The topological polar surface area (TPSA) is 69.2 Å². The van der Waals surface area contributed by atoms with E-state index in [1.807, 2.05) is 0 Å². The predicted octanol–water partition coefficient (Wildman–Crippen LogP) is 0.714. The Hall–Kier alpha value is -1.78. The second-order valence-corrected chi connectivity index (χ2v) is 3.14. The van der Waals surface area contributed by atoms with Crippen LogP contribution in [0.15, 0.2) is 12.4 Å². The van der Waals surface area contributed by atoms with Crippen molar-refractivity contribution in [3.05, 3.63) is 23.8 Å². The highest BCUT2D eigenvalue weighted by atomic mass is 16.5. The number of aromatic nitrogens is 2. The van der Waals surface area contributed by atoms with Crippen LogP contribution in [0, 0.1) is 0 Å². The van der Waals surface area contributed by atoms with Crippen LogP contribution < -0.4 is 0 Å². The van der Waals surface area contributed by atoms with Gasteiger partial charge in [-0.1, -0.05) is 0 Å². The molecular formula is C11H14N2O3. The molecule has 0 aliphatic carbocycles. The first-order chi connectivity index (χ1) is 7.77. The Balaban J connectivity index is 2.70. The Bertz CT molecular complexity index is 366. The molecule has 0 spiro atoms. The fourth-order valence-electron chi connectivity index (χ4n) is 1.30. The molecule has 0 aliphatic heterocycles. The molecule has 0 bridgehead atoms. The fourth-order valence-corrected chi connectivity index (χ4v) is 1.30. The van der Waals surface area contributed by atoms with Crippen LogP contribution in [0.5, 0.6) is 0 Å². The second kappa shape index (κ2) is 6.66. The van der Waals surface area contributed by atoms with E-state index >= 15 is 0 Å². The van der Waals surface area contributed by atoms with Crippen molar-refractivity contribution in [2.45, 2.75) is 26.2 Å². The van der Waals surface area contributed by atoms with Gasteiger partial charge >= 0.3 is 5.97 Å². The van der Waals surface area contributed by atoms with Gasteiger partial charge in [0.05, 0.1) is 24.4 Å². The SMILES string of the molecule is CCOC(=O)Cc1nccnc1CCC=O. The summed E-state index contributed by atoms with van der Waals surface area (Å²) < 4.78 is 4.83. The van der Waals surface area contributed by atoms with Crippen LogP contribution in [0.3, 0.4) is 0 Å². The van der Waals surface area contributed by atoms with Gasteiger partial charge in [-0.2, -0.15) is 0 Å². The van der Waals surface area contributed by atoms with Crippen LogP contribution >= 0.6 is 0 Å². The third kappa shape index (κ3) is 3.76. The van der Waals surface area contributed by atoms with E-state index in [0.717, 1.165) is 6.29 Å². The second-order valence-electron chi connectivity index (χ2n) is 3.14. The molecule has 16 heavy (non-hydrogen) atoms. The first-order valence-corrected chi connectivity index (χ1v) is 5.16. The molecule has 0 saturated heterocycles. The Kier molecular flexibility index (Phi) is 5.11. The van der Waals surface area contributed by atoms with E-state index in [4.69, 9.17) is 4.74 Å². The monoisotopic (exact) mass is 222 g/mol. The van der Waals surface area contributed by atoms with Gasteiger partial charge in [-0.25, -0.2) is 0 Å². The average Bonchev–Trinajstić information content (AvgIpc) is 2.28. The summed E-state index contributed by atoms with van der Waals surface area (Å²) in [5.41, 5.74) is 1.27. The van der Waals surface area contributed by atoms with E-state index in [9.17, 15) is 9.59 Å². The molecule has 0 unspecified atom stereocenters. The first-order valence-electron chi connectivity index (χ1n) is 5.16. The number of hydrogen-bond acceptors (Lipinski definition) is 5. The highest BCUT2D eigenvalue weighted by molar-refractivity contribution is 5.72. The summed E-state index contributed by atoms with van der Waals surface area (Å²) in [5.74, 6) is -0.324. The van der Waals surface area contributed by atoms with Crippen molar-refractivity contribution < 1.29 is 14.3 Å². The van der Waals surface area contributed by atoms with Gasteiger partial charge in [0, 0.05) is 18.8 Å². The van der Waals surface area contributed by atoms with E-state index in [1.54, 1.807) is 13.1 Å². The minimum Gasteiger partial charge on any atom is -0.466 e. The van der Waals surface area contributed by atoms with Gasteiger partial charge in [-0.05, 0) is 13.3 Å². The molecule has 0 saturated carbocycles.